The molecule has 1 atom stereocenters. The third-order valence-electron chi connectivity index (χ3n) is 1.39. The zero-order chi connectivity index (χ0) is 10.2. The lowest BCUT2D eigenvalue weighted by Gasteiger charge is -2.09. The number of aliphatic hydroxyl groups excluding tert-OH is 1. The van der Waals surface area contributed by atoms with Gasteiger partial charge in [0.1, 0.15) is 0 Å². The number of hydrogen-bond acceptors (Lipinski definition) is 1. The largest absolute Gasteiger partial charge is 0.373 e. The molecule has 6 heteroatoms. The van der Waals surface area contributed by atoms with Crippen molar-refractivity contribution in [2.45, 2.75) is 5.56 Å². The second-order valence-corrected chi connectivity index (χ2v) is 4.18. The third-order valence-corrected chi connectivity index (χ3v) is 3.39. The van der Waals surface area contributed by atoms with Crippen LogP contribution in [-0.2, 0) is 0 Å². The summed E-state index contributed by atoms with van der Waals surface area (Å²) >= 11 is 28.3. The summed E-state index contributed by atoms with van der Waals surface area (Å²) in [5.41, 5.74) is -1.01. The Labute approximate surface area is 100 Å². The minimum Gasteiger partial charge on any atom is -0.373 e. The first-order chi connectivity index (χ1) is 5.95. The number of halogens is 5. The Morgan fingerprint density at radius 1 is 1.00 bits per heavy atom. The first kappa shape index (κ1) is 11.7. The van der Waals surface area contributed by atoms with Crippen molar-refractivity contribution in [3.63, 3.8) is 0 Å². The lowest BCUT2D eigenvalue weighted by Crippen LogP contribution is -1.91. The molecule has 13 heavy (non-hydrogen) atoms. The second-order valence-electron chi connectivity index (χ2n) is 2.23. The molecule has 1 aromatic carbocycles. The maximum atomic E-state index is 9.06. The van der Waals surface area contributed by atoms with Crippen LogP contribution in [0.25, 0.3) is 0 Å². The summed E-state index contributed by atoms with van der Waals surface area (Å²) in [6.45, 7) is 0. The van der Waals surface area contributed by atoms with E-state index in [4.69, 9.17) is 63.1 Å². The molecule has 0 aromatic heterocycles. The highest BCUT2D eigenvalue weighted by molar-refractivity contribution is 6.52. The van der Waals surface area contributed by atoms with Gasteiger partial charge in [0, 0.05) is 5.56 Å². The van der Waals surface area contributed by atoms with E-state index in [-0.39, 0.29) is 25.7 Å². The molecular weight excluding hydrogens is 277 g/mol. The van der Waals surface area contributed by atoms with Gasteiger partial charge in [0.2, 0.25) is 0 Å². The summed E-state index contributed by atoms with van der Waals surface area (Å²) in [5, 5.41) is 9.61. The molecule has 0 aliphatic carbocycles. The first-order valence-electron chi connectivity index (χ1n) is 3.10. The van der Waals surface area contributed by atoms with Crippen molar-refractivity contribution in [3.8, 4) is 0 Å². The molecular formula is C7H3Cl5O. The minimum absolute atomic E-state index is 0.0885. The van der Waals surface area contributed by atoms with Crippen molar-refractivity contribution in [1.29, 1.82) is 0 Å². The number of benzene rings is 1. The van der Waals surface area contributed by atoms with Gasteiger partial charge in [-0.05, 0) is 6.07 Å². The molecule has 0 radical (unpaired) electrons. The van der Waals surface area contributed by atoms with Crippen molar-refractivity contribution in [2.24, 2.45) is 0 Å². The number of hydrogen-bond donors (Lipinski definition) is 1. The maximum absolute atomic E-state index is 9.06. The van der Waals surface area contributed by atoms with Crippen LogP contribution in [0.15, 0.2) is 6.07 Å². The van der Waals surface area contributed by atoms with Crippen LogP contribution < -0.4 is 0 Å². The molecule has 0 fully saturated rings. The van der Waals surface area contributed by atoms with E-state index in [1.807, 2.05) is 0 Å². The van der Waals surface area contributed by atoms with Gasteiger partial charge in [0.15, 0.2) is 5.56 Å². The topological polar surface area (TPSA) is 20.2 Å². The molecule has 0 spiro atoms. The molecule has 0 aliphatic rings. The monoisotopic (exact) mass is 278 g/mol. The highest BCUT2D eigenvalue weighted by Crippen LogP contribution is 2.40. The Morgan fingerprint density at radius 2 is 1.54 bits per heavy atom. The number of rotatable bonds is 1. The van der Waals surface area contributed by atoms with Gasteiger partial charge >= 0.3 is 0 Å². The van der Waals surface area contributed by atoms with Gasteiger partial charge < -0.3 is 5.11 Å². The normalized spacial score (nSPS) is 13.1. The fourth-order valence-corrected chi connectivity index (χ4v) is 1.91. The molecule has 0 bridgehead atoms. The van der Waals surface area contributed by atoms with Gasteiger partial charge in [-0.1, -0.05) is 58.0 Å². The van der Waals surface area contributed by atoms with Gasteiger partial charge in [-0.2, -0.15) is 0 Å². The minimum atomic E-state index is -1.25. The zero-order valence-corrected chi connectivity index (χ0v) is 9.77. The fraction of sp³-hybridized carbons (Fsp3) is 0.143. The average molecular weight is 280 g/mol. The van der Waals surface area contributed by atoms with Crippen molar-refractivity contribution in [3.05, 3.63) is 31.7 Å². The molecule has 0 amide bonds. The second kappa shape index (κ2) is 4.43. The van der Waals surface area contributed by atoms with Crippen LogP contribution in [-0.4, -0.2) is 5.11 Å². The highest BCUT2D eigenvalue weighted by atomic mass is 35.5. The Morgan fingerprint density at radius 3 is 2.00 bits per heavy atom. The molecule has 0 aliphatic heterocycles. The fourth-order valence-electron chi connectivity index (χ4n) is 0.765. The van der Waals surface area contributed by atoms with E-state index < -0.39 is 5.56 Å². The maximum Gasteiger partial charge on any atom is 0.155 e. The summed E-state index contributed by atoms with van der Waals surface area (Å²) < 4.78 is 0. The Hall–Kier alpha value is 0.630. The van der Waals surface area contributed by atoms with Crippen LogP contribution in [0.2, 0.25) is 20.1 Å². The quantitative estimate of drug-likeness (QED) is 0.455. The van der Waals surface area contributed by atoms with Crippen LogP contribution >= 0.6 is 58.0 Å². The molecule has 1 rings (SSSR count). The Balaban J connectivity index is 3.41. The van der Waals surface area contributed by atoms with Gasteiger partial charge in [-0.15, -0.1) is 0 Å². The van der Waals surface area contributed by atoms with E-state index >= 15 is 0 Å². The van der Waals surface area contributed by atoms with E-state index in [0.29, 0.717) is 0 Å². The van der Waals surface area contributed by atoms with E-state index in [0.717, 1.165) is 0 Å². The van der Waals surface area contributed by atoms with Gasteiger partial charge in [-0.25, -0.2) is 0 Å². The molecule has 1 nitrogen and oxygen atoms in total. The first-order valence-corrected chi connectivity index (χ1v) is 5.05. The summed E-state index contributed by atoms with van der Waals surface area (Å²) in [6.07, 6.45) is 0. The SMILES string of the molecule is OC(Cl)c1cc(Cl)c(Cl)c(Cl)c1Cl. The van der Waals surface area contributed by atoms with Gasteiger partial charge in [-0.3, -0.25) is 0 Å². The highest BCUT2D eigenvalue weighted by Gasteiger charge is 2.16. The average Bonchev–Trinajstić information content (AvgIpc) is 2.07. The van der Waals surface area contributed by atoms with Crippen molar-refractivity contribution in [2.75, 3.05) is 0 Å². The molecule has 72 valence electrons. The van der Waals surface area contributed by atoms with Crippen LogP contribution in [0.5, 0.6) is 0 Å². The Bertz CT molecular complexity index is 336. The van der Waals surface area contributed by atoms with E-state index in [2.05, 4.69) is 0 Å². The van der Waals surface area contributed by atoms with Gasteiger partial charge in [0.25, 0.3) is 0 Å². The smallest absolute Gasteiger partial charge is 0.155 e. The molecule has 1 aromatic rings. The lowest BCUT2D eigenvalue weighted by atomic mass is 10.2. The predicted molar refractivity (Wildman–Crippen MR) is 57.3 cm³/mol. The molecule has 0 saturated carbocycles. The number of aliphatic hydroxyl groups is 1. The number of alkyl halides is 1. The summed E-state index contributed by atoms with van der Waals surface area (Å²) in [7, 11) is 0. The van der Waals surface area contributed by atoms with E-state index in [9.17, 15) is 0 Å². The summed E-state index contributed by atoms with van der Waals surface area (Å²) in [5.74, 6) is 0. The standard InChI is InChI=1S/C7H3Cl5O/c8-3-1-2(7(12)13)4(9)6(11)5(3)10/h1,7,13H. The van der Waals surface area contributed by atoms with Crippen LogP contribution in [0.1, 0.15) is 11.1 Å². The van der Waals surface area contributed by atoms with Gasteiger partial charge in [0.05, 0.1) is 20.1 Å². The van der Waals surface area contributed by atoms with E-state index in [1.165, 1.54) is 6.07 Å². The lowest BCUT2D eigenvalue weighted by molar-refractivity contribution is 0.263. The summed E-state index contributed by atoms with van der Waals surface area (Å²) in [6, 6.07) is 1.37. The van der Waals surface area contributed by atoms with Crippen molar-refractivity contribution < 1.29 is 5.11 Å². The van der Waals surface area contributed by atoms with Crippen LogP contribution in [0.3, 0.4) is 0 Å². The molecule has 0 saturated heterocycles. The molecule has 1 N–H and O–H groups in total. The molecule has 0 heterocycles. The van der Waals surface area contributed by atoms with Crippen molar-refractivity contribution in [1.82, 2.24) is 0 Å². The zero-order valence-electron chi connectivity index (χ0n) is 5.99. The summed E-state index contributed by atoms with van der Waals surface area (Å²) in [4.78, 5) is 0. The predicted octanol–water partition coefficient (Wildman–Crippen LogP) is 4.53. The van der Waals surface area contributed by atoms with E-state index in [1.54, 1.807) is 0 Å². The third kappa shape index (κ3) is 2.35. The van der Waals surface area contributed by atoms with Crippen LogP contribution in [0, 0.1) is 0 Å². The van der Waals surface area contributed by atoms with Crippen LogP contribution in [0.4, 0.5) is 0 Å². The Kier molecular flexibility index (Phi) is 3.99. The molecule has 1 unspecified atom stereocenters. The van der Waals surface area contributed by atoms with Crippen molar-refractivity contribution >= 4 is 58.0 Å².